The molecule has 4 rings (SSSR count). The zero-order chi connectivity index (χ0) is 31.5. The summed E-state index contributed by atoms with van der Waals surface area (Å²) in [5.41, 5.74) is 3.94. The van der Waals surface area contributed by atoms with Crippen LogP contribution in [0.1, 0.15) is 45.1 Å². The number of aliphatic hydroxyl groups is 1. The van der Waals surface area contributed by atoms with E-state index in [0.29, 0.717) is 50.7 Å². The maximum absolute atomic E-state index is 13.7. The number of para-hydroxylation sites is 1. The first-order chi connectivity index (χ1) is 21.3. The first-order valence-electron chi connectivity index (χ1n) is 14.9. The summed E-state index contributed by atoms with van der Waals surface area (Å²) in [6.45, 7) is 5.89. The molecule has 0 fully saturated rings. The van der Waals surface area contributed by atoms with Crippen LogP contribution >= 0.6 is 0 Å². The number of rotatable bonds is 15. The Morgan fingerprint density at radius 3 is 2.32 bits per heavy atom. The molecule has 3 aromatic rings. The van der Waals surface area contributed by atoms with E-state index in [1.54, 1.807) is 16.7 Å². The monoisotopic (exact) mass is 606 g/mol. The maximum atomic E-state index is 13.7. The molecule has 0 aliphatic carbocycles. The number of ether oxygens (including phenoxy) is 2. The van der Waals surface area contributed by atoms with Gasteiger partial charge in [0.15, 0.2) is 0 Å². The van der Waals surface area contributed by atoms with Gasteiger partial charge in [0.2, 0.25) is 17.7 Å². The summed E-state index contributed by atoms with van der Waals surface area (Å²) in [5.74, 6) is -0.497. The predicted octanol–water partition coefficient (Wildman–Crippen LogP) is 2.64. The lowest BCUT2D eigenvalue weighted by Gasteiger charge is -2.31. The second kappa shape index (κ2) is 15.6. The Kier molecular flexibility index (Phi) is 11.6. The highest BCUT2D eigenvalue weighted by molar-refractivity contribution is 6.00. The topological polar surface area (TPSA) is 148 Å². The second-order valence-corrected chi connectivity index (χ2v) is 11.2. The molecule has 1 aromatic heterocycles. The smallest absolute Gasteiger partial charge is 0.229 e. The highest BCUT2D eigenvalue weighted by Crippen LogP contribution is 2.42. The Balaban J connectivity index is 1.39. The minimum atomic E-state index is -0.736. The van der Waals surface area contributed by atoms with E-state index in [2.05, 4.69) is 20.9 Å². The van der Waals surface area contributed by atoms with E-state index in [0.717, 1.165) is 22.4 Å². The molecular weight excluding hydrogens is 564 g/mol. The molecule has 0 spiro atoms. The van der Waals surface area contributed by atoms with Crippen LogP contribution in [0, 0.1) is 0 Å². The summed E-state index contributed by atoms with van der Waals surface area (Å²) in [7, 11) is 1.60. The van der Waals surface area contributed by atoms with E-state index >= 15 is 0 Å². The number of hydrogen-bond donors (Lipinski definition) is 3. The molecule has 3 amide bonds. The average Bonchev–Trinajstić information content (AvgIpc) is 3.46. The molecule has 0 bridgehead atoms. The number of nitrogens with zero attached hydrogens (tertiary/aromatic N) is 4. The summed E-state index contributed by atoms with van der Waals surface area (Å²) in [6.07, 6.45) is 0.917. The number of amides is 3. The Hall–Kier alpha value is -4.13. The van der Waals surface area contributed by atoms with Crippen LogP contribution in [0.15, 0.2) is 48.5 Å². The van der Waals surface area contributed by atoms with Crippen LogP contribution in [0.4, 0.5) is 5.69 Å². The van der Waals surface area contributed by atoms with Crippen molar-refractivity contribution in [3.05, 3.63) is 54.1 Å². The number of benzene rings is 2. The number of aromatic nitrogens is 3. The van der Waals surface area contributed by atoms with Crippen molar-refractivity contribution in [2.24, 2.45) is 0 Å². The molecule has 12 nitrogen and oxygen atoms in total. The molecule has 2 aromatic carbocycles. The Labute approximate surface area is 257 Å². The standard InChI is InChI=1S/C32H42N6O6/c1-32(2,22-39)38-31-25-11-6-7-12-26(25)37(21-23-9-4-5-10-24(23)30(31)35-36-38)29(42)15-16-33-27(40)13-8-14-28(41)34-17-18-44-20-19-43-3/h4-7,9-12,39H,8,13-22H2,1-3H3,(H,33,40)(H,34,41). The second-order valence-electron chi connectivity index (χ2n) is 11.2. The van der Waals surface area contributed by atoms with Crippen LogP contribution in [0.5, 0.6) is 0 Å². The molecular formula is C32H42N6O6. The van der Waals surface area contributed by atoms with Crippen molar-refractivity contribution in [3.63, 3.8) is 0 Å². The van der Waals surface area contributed by atoms with Crippen LogP contribution in [-0.2, 0) is 35.9 Å². The molecule has 2 heterocycles. The van der Waals surface area contributed by atoms with E-state index < -0.39 is 5.54 Å². The summed E-state index contributed by atoms with van der Waals surface area (Å²) in [5, 5.41) is 24.7. The first kappa shape index (κ1) is 32.8. The van der Waals surface area contributed by atoms with Gasteiger partial charge in [-0.25, -0.2) is 4.68 Å². The fourth-order valence-electron chi connectivity index (χ4n) is 5.01. The van der Waals surface area contributed by atoms with E-state index in [-0.39, 0.29) is 50.1 Å². The lowest BCUT2D eigenvalue weighted by Crippen LogP contribution is -2.36. The summed E-state index contributed by atoms with van der Waals surface area (Å²) >= 11 is 0. The number of hydrogen-bond acceptors (Lipinski definition) is 8. The lowest BCUT2D eigenvalue weighted by molar-refractivity contribution is -0.122. The van der Waals surface area contributed by atoms with Crippen LogP contribution < -0.4 is 15.5 Å². The fraction of sp³-hybridized carbons (Fsp3) is 0.469. The van der Waals surface area contributed by atoms with Crippen molar-refractivity contribution in [2.45, 2.75) is 51.6 Å². The molecule has 1 aliphatic heterocycles. The maximum Gasteiger partial charge on any atom is 0.229 e. The third-order valence-corrected chi connectivity index (χ3v) is 7.45. The van der Waals surface area contributed by atoms with Gasteiger partial charge in [0.05, 0.1) is 49.9 Å². The fourth-order valence-corrected chi connectivity index (χ4v) is 5.01. The van der Waals surface area contributed by atoms with Crippen LogP contribution in [0.2, 0.25) is 0 Å². The molecule has 0 atom stereocenters. The van der Waals surface area contributed by atoms with Crippen molar-refractivity contribution in [3.8, 4) is 22.5 Å². The van der Waals surface area contributed by atoms with Crippen LogP contribution in [0.3, 0.4) is 0 Å². The number of nitrogens with one attached hydrogen (secondary N) is 2. The number of aliphatic hydroxyl groups excluding tert-OH is 1. The van der Waals surface area contributed by atoms with Crippen molar-refractivity contribution in [1.29, 1.82) is 0 Å². The Morgan fingerprint density at radius 1 is 0.909 bits per heavy atom. The first-order valence-corrected chi connectivity index (χ1v) is 14.9. The number of carbonyl (C=O) groups excluding carboxylic acids is 3. The van der Waals surface area contributed by atoms with Crippen molar-refractivity contribution >= 4 is 23.4 Å². The molecule has 0 saturated heterocycles. The van der Waals surface area contributed by atoms with Crippen LogP contribution in [-0.4, -0.2) is 84.4 Å². The van der Waals surface area contributed by atoms with Gasteiger partial charge in [0.25, 0.3) is 0 Å². The highest BCUT2D eigenvalue weighted by Gasteiger charge is 2.33. The third kappa shape index (κ3) is 8.07. The van der Waals surface area contributed by atoms with E-state index in [9.17, 15) is 19.5 Å². The minimum Gasteiger partial charge on any atom is -0.394 e. The van der Waals surface area contributed by atoms with Gasteiger partial charge in [-0.05, 0) is 31.9 Å². The highest BCUT2D eigenvalue weighted by atomic mass is 16.5. The van der Waals surface area contributed by atoms with Gasteiger partial charge in [0.1, 0.15) is 5.69 Å². The minimum absolute atomic E-state index is 0.0955. The number of fused-ring (bicyclic) bond motifs is 5. The number of anilines is 1. The number of methoxy groups -OCH3 is 1. The van der Waals surface area contributed by atoms with Gasteiger partial charge >= 0.3 is 0 Å². The van der Waals surface area contributed by atoms with Gasteiger partial charge in [0, 0.05) is 50.6 Å². The summed E-state index contributed by atoms with van der Waals surface area (Å²) < 4.78 is 11.9. The molecule has 12 heteroatoms. The van der Waals surface area contributed by atoms with E-state index in [1.165, 1.54) is 0 Å². The van der Waals surface area contributed by atoms with Gasteiger partial charge in [-0.3, -0.25) is 14.4 Å². The normalized spacial score (nSPS) is 12.4. The molecule has 236 valence electrons. The third-order valence-electron chi connectivity index (χ3n) is 7.45. The van der Waals surface area contributed by atoms with Gasteiger partial charge in [-0.1, -0.05) is 47.7 Å². The predicted molar refractivity (Wildman–Crippen MR) is 166 cm³/mol. The molecule has 3 N–H and O–H groups in total. The van der Waals surface area contributed by atoms with E-state index in [1.807, 2.05) is 62.4 Å². The molecule has 1 aliphatic rings. The molecule has 0 saturated carbocycles. The van der Waals surface area contributed by atoms with Crippen molar-refractivity contribution < 1.29 is 29.0 Å². The number of carbonyl (C=O) groups is 3. The average molecular weight is 607 g/mol. The SMILES string of the molecule is COCCOCCNC(=O)CCCC(=O)NCCC(=O)N1Cc2ccccc2-c2nnn(C(C)(C)CO)c2-c2ccccc21. The zero-order valence-electron chi connectivity index (χ0n) is 25.7. The Morgan fingerprint density at radius 2 is 1.59 bits per heavy atom. The van der Waals surface area contributed by atoms with Gasteiger partial charge in [-0.15, -0.1) is 5.10 Å². The quantitative estimate of drug-likeness (QED) is 0.224. The molecule has 0 unspecified atom stereocenters. The molecule has 0 radical (unpaired) electrons. The van der Waals surface area contributed by atoms with Gasteiger partial charge < -0.3 is 30.1 Å². The van der Waals surface area contributed by atoms with Crippen LogP contribution in [0.25, 0.3) is 22.5 Å². The Bertz CT molecular complexity index is 1440. The molecule has 44 heavy (non-hydrogen) atoms. The summed E-state index contributed by atoms with van der Waals surface area (Å²) in [6, 6.07) is 15.4. The summed E-state index contributed by atoms with van der Waals surface area (Å²) in [4.78, 5) is 39.9. The van der Waals surface area contributed by atoms with Crippen molar-refractivity contribution in [2.75, 3.05) is 51.5 Å². The van der Waals surface area contributed by atoms with Crippen molar-refractivity contribution in [1.82, 2.24) is 25.6 Å². The van der Waals surface area contributed by atoms with E-state index in [4.69, 9.17) is 9.47 Å². The zero-order valence-corrected chi connectivity index (χ0v) is 25.7. The van der Waals surface area contributed by atoms with Gasteiger partial charge in [-0.2, -0.15) is 0 Å². The lowest BCUT2D eigenvalue weighted by atomic mass is 9.94. The largest absolute Gasteiger partial charge is 0.394 e.